The molecule has 2 atom stereocenters. The van der Waals surface area contributed by atoms with Gasteiger partial charge in [-0.2, -0.15) is 0 Å². The van der Waals surface area contributed by atoms with Gasteiger partial charge in [0, 0.05) is 17.5 Å². The molecule has 0 radical (unpaired) electrons. The molecule has 2 N–H and O–H groups in total. The lowest BCUT2D eigenvalue weighted by atomic mass is 9.96. The van der Waals surface area contributed by atoms with E-state index < -0.39 is 0 Å². The molecule has 1 aromatic heterocycles. The molecule has 2 nitrogen and oxygen atoms in total. The monoisotopic (exact) mass is 281 g/mol. The second kappa shape index (κ2) is 7.41. The van der Waals surface area contributed by atoms with Crippen molar-refractivity contribution in [2.45, 2.75) is 58.1 Å². The zero-order valence-electron chi connectivity index (χ0n) is 12.1. The lowest BCUT2D eigenvalue weighted by Gasteiger charge is -2.25. The predicted molar refractivity (Wildman–Crippen MR) is 82.5 cm³/mol. The van der Waals surface area contributed by atoms with Crippen LogP contribution in [0.4, 0.5) is 0 Å². The van der Waals surface area contributed by atoms with Gasteiger partial charge in [0.1, 0.15) is 0 Å². The van der Waals surface area contributed by atoms with Crippen LogP contribution in [0.15, 0.2) is 17.5 Å². The Hall–Kier alpha value is -0.380. The summed E-state index contributed by atoms with van der Waals surface area (Å²) >= 11 is 1.84. The van der Waals surface area contributed by atoms with Crippen LogP contribution < -0.4 is 5.32 Å². The molecule has 108 valence electrons. The van der Waals surface area contributed by atoms with Crippen LogP contribution in [0.2, 0.25) is 0 Å². The number of aliphatic hydroxyl groups excluding tert-OH is 1. The molecule has 2 unspecified atom stereocenters. The van der Waals surface area contributed by atoms with E-state index in [0.29, 0.717) is 12.0 Å². The number of rotatable bonds is 7. The maximum atomic E-state index is 10.0. The summed E-state index contributed by atoms with van der Waals surface area (Å²) in [5.74, 6) is 1.31. The van der Waals surface area contributed by atoms with Crippen molar-refractivity contribution < 1.29 is 5.11 Å². The fraction of sp³-hybridized carbons (Fsp3) is 0.750. The smallest absolute Gasteiger partial charge is 0.0667 e. The molecule has 1 aliphatic rings. The van der Waals surface area contributed by atoms with Gasteiger partial charge in [-0.15, -0.1) is 11.3 Å². The van der Waals surface area contributed by atoms with Crippen LogP contribution in [0, 0.1) is 11.8 Å². The molecule has 1 fully saturated rings. The number of hydrogen-bond donors (Lipinski definition) is 2. The SMILES string of the molecule is CC(C)CC(O)CNC(c1cccs1)C1CCCC1. The van der Waals surface area contributed by atoms with Crippen LogP contribution in [-0.4, -0.2) is 17.8 Å². The van der Waals surface area contributed by atoms with E-state index in [0.717, 1.165) is 18.9 Å². The number of thiophene rings is 1. The molecule has 0 bridgehead atoms. The van der Waals surface area contributed by atoms with E-state index in [1.165, 1.54) is 30.6 Å². The van der Waals surface area contributed by atoms with Gasteiger partial charge in [0.15, 0.2) is 0 Å². The number of nitrogens with one attached hydrogen (secondary N) is 1. The highest BCUT2D eigenvalue weighted by Gasteiger charge is 2.27. The normalized spacial score (nSPS) is 20.0. The van der Waals surface area contributed by atoms with Gasteiger partial charge < -0.3 is 10.4 Å². The van der Waals surface area contributed by atoms with Crippen molar-refractivity contribution in [2.24, 2.45) is 11.8 Å². The fourth-order valence-corrected chi connectivity index (χ4v) is 4.04. The van der Waals surface area contributed by atoms with E-state index in [9.17, 15) is 5.11 Å². The van der Waals surface area contributed by atoms with Gasteiger partial charge in [0.2, 0.25) is 0 Å². The van der Waals surface area contributed by atoms with Crippen molar-refractivity contribution in [3.8, 4) is 0 Å². The van der Waals surface area contributed by atoms with Gasteiger partial charge in [-0.05, 0) is 42.5 Å². The Morgan fingerprint density at radius 1 is 1.37 bits per heavy atom. The Kier molecular flexibility index (Phi) is 5.86. The Morgan fingerprint density at radius 2 is 2.11 bits per heavy atom. The molecular formula is C16H27NOS. The highest BCUT2D eigenvalue weighted by Crippen LogP contribution is 2.37. The molecule has 1 heterocycles. The van der Waals surface area contributed by atoms with E-state index in [1.54, 1.807) is 0 Å². The van der Waals surface area contributed by atoms with E-state index in [-0.39, 0.29) is 6.10 Å². The van der Waals surface area contributed by atoms with Crippen LogP contribution >= 0.6 is 11.3 Å². The third-order valence-electron chi connectivity index (χ3n) is 4.04. The Labute approximate surface area is 121 Å². The van der Waals surface area contributed by atoms with Crippen molar-refractivity contribution in [3.05, 3.63) is 22.4 Å². The highest BCUT2D eigenvalue weighted by atomic mass is 32.1. The predicted octanol–water partition coefficient (Wildman–Crippen LogP) is 3.98. The van der Waals surface area contributed by atoms with Crippen molar-refractivity contribution in [2.75, 3.05) is 6.54 Å². The van der Waals surface area contributed by atoms with Gasteiger partial charge in [0.25, 0.3) is 0 Å². The van der Waals surface area contributed by atoms with Crippen LogP contribution in [0.25, 0.3) is 0 Å². The molecule has 0 amide bonds. The van der Waals surface area contributed by atoms with Gasteiger partial charge in [-0.3, -0.25) is 0 Å². The topological polar surface area (TPSA) is 32.3 Å². The second-order valence-corrected chi connectivity index (χ2v) is 7.21. The summed E-state index contributed by atoms with van der Waals surface area (Å²) in [5.41, 5.74) is 0. The van der Waals surface area contributed by atoms with Crippen molar-refractivity contribution in [1.82, 2.24) is 5.32 Å². The summed E-state index contributed by atoms with van der Waals surface area (Å²) in [4.78, 5) is 1.43. The summed E-state index contributed by atoms with van der Waals surface area (Å²) in [7, 11) is 0. The quantitative estimate of drug-likeness (QED) is 0.792. The first-order valence-corrected chi connectivity index (χ1v) is 8.49. The highest BCUT2D eigenvalue weighted by molar-refractivity contribution is 7.10. The Bertz CT molecular complexity index is 344. The third-order valence-corrected chi connectivity index (χ3v) is 4.99. The fourth-order valence-electron chi connectivity index (χ4n) is 3.15. The molecule has 1 aliphatic carbocycles. The zero-order chi connectivity index (χ0) is 13.7. The van der Waals surface area contributed by atoms with E-state index >= 15 is 0 Å². The first-order valence-electron chi connectivity index (χ1n) is 7.61. The Morgan fingerprint density at radius 3 is 2.68 bits per heavy atom. The minimum atomic E-state index is -0.219. The van der Waals surface area contributed by atoms with Crippen LogP contribution in [-0.2, 0) is 0 Å². The average Bonchev–Trinajstić information content (AvgIpc) is 3.00. The van der Waals surface area contributed by atoms with Gasteiger partial charge in [-0.25, -0.2) is 0 Å². The Balaban J connectivity index is 1.91. The zero-order valence-corrected chi connectivity index (χ0v) is 13.0. The molecule has 19 heavy (non-hydrogen) atoms. The molecule has 3 heteroatoms. The van der Waals surface area contributed by atoms with E-state index in [2.05, 4.69) is 36.7 Å². The summed E-state index contributed by atoms with van der Waals surface area (Å²) < 4.78 is 0. The minimum absolute atomic E-state index is 0.219. The van der Waals surface area contributed by atoms with Crippen molar-refractivity contribution in [1.29, 1.82) is 0 Å². The summed E-state index contributed by atoms with van der Waals surface area (Å²) in [6.07, 6.45) is 6.05. The third kappa shape index (κ3) is 4.59. The molecule has 0 spiro atoms. The largest absolute Gasteiger partial charge is 0.392 e. The maximum absolute atomic E-state index is 10.0. The molecule has 0 saturated heterocycles. The molecular weight excluding hydrogens is 254 g/mol. The molecule has 0 aliphatic heterocycles. The van der Waals surface area contributed by atoms with Gasteiger partial charge in [0.05, 0.1) is 6.10 Å². The number of aliphatic hydroxyl groups is 1. The standard InChI is InChI=1S/C16H27NOS/c1-12(2)10-14(18)11-17-16(13-6-3-4-7-13)15-8-5-9-19-15/h5,8-9,12-14,16-18H,3-4,6-7,10-11H2,1-2H3. The summed E-state index contributed by atoms with van der Waals surface area (Å²) in [5, 5.41) is 15.8. The van der Waals surface area contributed by atoms with E-state index in [4.69, 9.17) is 0 Å². The maximum Gasteiger partial charge on any atom is 0.0667 e. The van der Waals surface area contributed by atoms with E-state index in [1.807, 2.05) is 11.3 Å². The molecule has 2 rings (SSSR count). The van der Waals surface area contributed by atoms with Crippen molar-refractivity contribution in [3.63, 3.8) is 0 Å². The molecule has 1 saturated carbocycles. The van der Waals surface area contributed by atoms with Gasteiger partial charge >= 0.3 is 0 Å². The molecule has 1 aromatic rings. The van der Waals surface area contributed by atoms with Crippen LogP contribution in [0.1, 0.15) is 56.9 Å². The first kappa shape index (κ1) is 15.0. The summed E-state index contributed by atoms with van der Waals surface area (Å²) in [6.45, 7) is 5.05. The lowest BCUT2D eigenvalue weighted by molar-refractivity contribution is 0.138. The summed E-state index contributed by atoms with van der Waals surface area (Å²) in [6, 6.07) is 4.81. The molecule has 0 aromatic carbocycles. The van der Waals surface area contributed by atoms with Crippen LogP contribution in [0.5, 0.6) is 0 Å². The van der Waals surface area contributed by atoms with Crippen molar-refractivity contribution >= 4 is 11.3 Å². The first-order chi connectivity index (χ1) is 9.16. The minimum Gasteiger partial charge on any atom is -0.392 e. The average molecular weight is 281 g/mol. The number of hydrogen-bond acceptors (Lipinski definition) is 3. The lowest BCUT2D eigenvalue weighted by Crippen LogP contribution is -2.34. The van der Waals surface area contributed by atoms with Gasteiger partial charge in [-0.1, -0.05) is 32.8 Å². The second-order valence-electron chi connectivity index (χ2n) is 6.23. The van der Waals surface area contributed by atoms with Crippen LogP contribution in [0.3, 0.4) is 0 Å².